The smallest absolute Gasteiger partial charge is 0.351 e. The van der Waals surface area contributed by atoms with Gasteiger partial charge in [0.15, 0.2) is 6.23 Å². The average Bonchev–Trinajstić information content (AvgIpc) is 2.65. The van der Waals surface area contributed by atoms with Gasteiger partial charge in [-0.1, -0.05) is 0 Å². The number of aliphatic hydroxyl groups excluding tert-OH is 2. The van der Waals surface area contributed by atoms with Crippen molar-refractivity contribution in [1.29, 1.82) is 0 Å². The summed E-state index contributed by atoms with van der Waals surface area (Å²) in [7, 11) is 0. The SMILES string of the molecule is Nc1ccn([C@@H]2O[C@H](CO)[C@@H](OP(O)(O)=S)[C@H]2O)c(=O)n1. The topological polar surface area (TPSA) is 160 Å². The first kappa shape index (κ1) is 16.5. The molecule has 21 heavy (non-hydrogen) atoms. The van der Waals surface area contributed by atoms with Crippen molar-refractivity contribution in [3.05, 3.63) is 22.7 Å². The van der Waals surface area contributed by atoms with E-state index >= 15 is 0 Å². The van der Waals surface area contributed by atoms with Crippen molar-refractivity contribution in [1.82, 2.24) is 9.55 Å². The zero-order valence-corrected chi connectivity index (χ0v) is 12.2. The number of nitrogens with zero attached hydrogens (tertiary/aromatic N) is 2. The number of hydrogen-bond acceptors (Lipinski definition) is 8. The number of anilines is 1. The first-order valence-electron chi connectivity index (χ1n) is 5.76. The Hall–Kier alpha value is -0.910. The summed E-state index contributed by atoms with van der Waals surface area (Å²) in [5.41, 5.74) is 4.58. The molecule has 10 nitrogen and oxygen atoms in total. The van der Waals surface area contributed by atoms with Gasteiger partial charge >= 0.3 is 12.4 Å². The Morgan fingerprint density at radius 2 is 2.24 bits per heavy atom. The first-order valence-corrected chi connectivity index (χ1v) is 8.38. The minimum atomic E-state index is -4.08. The summed E-state index contributed by atoms with van der Waals surface area (Å²) in [5.74, 6) is -0.00328. The Morgan fingerprint density at radius 1 is 1.57 bits per heavy atom. The van der Waals surface area contributed by atoms with Gasteiger partial charge in [-0.25, -0.2) is 4.79 Å². The van der Waals surface area contributed by atoms with E-state index in [2.05, 4.69) is 16.8 Å². The highest BCUT2D eigenvalue weighted by molar-refractivity contribution is 8.06. The Bertz CT molecular complexity index is 620. The molecule has 12 heteroatoms. The molecule has 0 bridgehead atoms. The van der Waals surface area contributed by atoms with E-state index in [1.807, 2.05) is 0 Å². The second-order valence-corrected chi connectivity index (χ2v) is 6.96. The summed E-state index contributed by atoms with van der Waals surface area (Å²) < 4.78 is 11.0. The fourth-order valence-corrected chi connectivity index (χ4v) is 2.88. The molecule has 0 saturated carbocycles. The molecule has 0 amide bonds. The van der Waals surface area contributed by atoms with Crippen LogP contribution in [0.2, 0.25) is 0 Å². The number of nitrogen functional groups attached to an aromatic ring is 1. The van der Waals surface area contributed by atoms with Crippen molar-refractivity contribution in [3.63, 3.8) is 0 Å². The van der Waals surface area contributed by atoms with Crippen molar-refractivity contribution in [2.24, 2.45) is 0 Å². The number of hydrogen-bond donors (Lipinski definition) is 5. The van der Waals surface area contributed by atoms with Crippen LogP contribution in [0.25, 0.3) is 0 Å². The lowest BCUT2D eigenvalue weighted by molar-refractivity contribution is -0.0545. The third-order valence-electron chi connectivity index (χ3n) is 2.87. The minimum Gasteiger partial charge on any atom is -0.394 e. The van der Waals surface area contributed by atoms with E-state index < -0.39 is 43.6 Å². The molecule has 1 aromatic rings. The molecule has 2 rings (SSSR count). The molecule has 0 unspecified atom stereocenters. The number of aliphatic hydroxyl groups is 2. The van der Waals surface area contributed by atoms with Gasteiger partial charge in [0.1, 0.15) is 24.1 Å². The van der Waals surface area contributed by atoms with Gasteiger partial charge in [-0.15, -0.1) is 0 Å². The molecule has 1 fully saturated rings. The van der Waals surface area contributed by atoms with Gasteiger partial charge in [0.05, 0.1) is 6.61 Å². The van der Waals surface area contributed by atoms with Crippen LogP contribution in [0.5, 0.6) is 0 Å². The zero-order valence-electron chi connectivity index (χ0n) is 10.5. The Labute approximate surface area is 123 Å². The van der Waals surface area contributed by atoms with Crippen LogP contribution in [0, 0.1) is 0 Å². The molecule has 2 heterocycles. The van der Waals surface area contributed by atoms with E-state index in [0.29, 0.717) is 0 Å². The Morgan fingerprint density at radius 3 is 2.76 bits per heavy atom. The molecule has 0 radical (unpaired) electrons. The third-order valence-corrected chi connectivity index (χ3v) is 3.65. The average molecular weight is 339 g/mol. The van der Waals surface area contributed by atoms with Gasteiger partial charge in [-0.05, 0) is 17.9 Å². The summed E-state index contributed by atoms with van der Waals surface area (Å²) in [6.45, 7) is -4.66. The van der Waals surface area contributed by atoms with Crippen molar-refractivity contribution >= 4 is 24.3 Å². The van der Waals surface area contributed by atoms with Crippen LogP contribution in [-0.2, 0) is 21.1 Å². The highest BCUT2D eigenvalue weighted by atomic mass is 32.5. The Kier molecular flexibility index (Phi) is 4.76. The van der Waals surface area contributed by atoms with Crippen LogP contribution in [-0.4, -0.2) is 54.5 Å². The molecule has 1 aliphatic rings. The second-order valence-electron chi connectivity index (χ2n) is 4.34. The summed E-state index contributed by atoms with van der Waals surface area (Å²) in [4.78, 5) is 33.5. The van der Waals surface area contributed by atoms with E-state index in [4.69, 9.17) is 15.0 Å². The quantitative estimate of drug-likeness (QED) is 0.376. The van der Waals surface area contributed by atoms with Crippen LogP contribution in [0.15, 0.2) is 17.1 Å². The maximum atomic E-state index is 11.7. The van der Waals surface area contributed by atoms with Gasteiger partial charge < -0.3 is 30.5 Å². The molecule has 0 spiro atoms. The fourth-order valence-electron chi connectivity index (χ4n) is 2.00. The molecular weight excluding hydrogens is 325 g/mol. The second kappa shape index (κ2) is 6.07. The molecule has 118 valence electrons. The lowest BCUT2D eigenvalue weighted by Gasteiger charge is -2.21. The first-order chi connectivity index (χ1) is 9.73. The van der Waals surface area contributed by atoms with Crippen molar-refractivity contribution in [2.45, 2.75) is 24.5 Å². The number of aromatic nitrogens is 2. The van der Waals surface area contributed by atoms with E-state index in [1.54, 1.807) is 0 Å². The lowest BCUT2D eigenvalue weighted by atomic mass is 10.1. The maximum Gasteiger partial charge on any atom is 0.351 e. The Balaban J connectivity index is 2.31. The molecule has 6 N–H and O–H groups in total. The summed E-state index contributed by atoms with van der Waals surface area (Å²) in [5, 5.41) is 19.3. The largest absolute Gasteiger partial charge is 0.394 e. The van der Waals surface area contributed by atoms with Gasteiger partial charge in [0.2, 0.25) is 0 Å². The maximum absolute atomic E-state index is 11.7. The molecule has 0 aromatic carbocycles. The molecule has 1 aliphatic heterocycles. The van der Waals surface area contributed by atoms with Gasteiger partial charge in [-0.2, -0.15) is 4.98 Å². The van der Waals surface area contributed by atoms with Crippen molar-refractivity contribution in [2.75, 3.05) is 12.3 Å². The van der Waals surface area contributed by atoms with E-state index in [0.717, 1.165) is 4.57 Å². The fraction of sp³-hybridized carbons (Fsp3) is 0.556. The van der Waals surface area contributed by atoms with Crippen LogP contribution in [0.1, 0.15) is 6.23 Å². The van der Waals surface area contributed by atoms with Gasteiger partial charge in [-0.3, -0.25) is 9.09 Å². The molecule has 4 atom stereocenters. The predicted molar refractivity (Wildman–Crippen MR) is 73.5 cm³/mol. The van der Waals surface area contributed by atoms with Crippen LogP contribution < -0.4 is 11.4 Å². The van der Waals surface area contributed by atoms with Crippen molar-refractivity contribution < 1.29 is 29.3 Å². The standard InChI is InChI=1S/C9H14N3O7PS/c10-5-1-2-12(9(15)11-5)8-6(14)7(4(3-13)18-8)19-20(16,17)21/h1-2,4,6-8,13-14H,3H2,(H2,10,11,15)(H2,16,17,21)/t4-,6-,7-,8-/m1/s1. The number of ether oxygens (including phenoxy) is 1. The van der Waals surface area contributed by atoms with E-state index in [-0.39, 0.29) is 5.82 Å². The monoisotopic (exact) mass is 339 g/mol. The predicted octanol–water partition coefficient (Wildman–Crippen LogP) is -2.33. The van der Waals surface area contributed by atoms with Gasteiger partial charge in [0, 0.05) is 6.20 Å². The number of rotatable bonds is 4. The minimum absolute atomic E-state index is 0.00328. The summed E-state index contributed by atoms with van der Waals surface area (Å²) in [6.07, 6.45) is -3.83. The highest BCUT2D eigenvalue weighted by Gasteiger charge is 2.47. The number of nitrogens with two attached hydrogens (primary N) is 1. The van der Waals surface area contributed by atoms with Crippen LogP contribution in [0.3, 0.4) is 0 Å². The third kappa shape index (κ3) is 3.65. The van der Waals surface area contributed by atoms with E-state index in [9.17, 15) is 24.8 Å². The zero-order chi connectivity index (χ0) is 15.8. The van der Waals surface area contributed by atoms with Crippen LogP contribution in [0.4, 0.5) is 5.82 Å². The highest BCUT2D eigenvalue weighted by Crippen LogP contribution is 2.43. The normalized spacial score (nSPS) is 29.7. The molecule has 1 aromatic heterocycles. The molecule has 0 aliphatic carbocycles. The molecule has 1 saturated heterocycles. The summed E-state index contributed by atoms with van der Waals surface area (Å²) >= 11 is 4.33. The van der Waals surface area contributed by atoms with Crippen LogP contribution >= 0.6 is 6.72 Å². The lowest BCUT2D eigenvalue weighted by Crippen LogP contribution is -2.37. The van der Waals surface area contributed by atoms with Crippen molar-refractivity contribution in [3.8, 4) is 0 Å². The summed E-state index contributed by atoms with van der Waals surface area (Å²) in [6, 6.07) is 1.32. The van der Waals surface area contributed by atoms with E-state index in [1.165, 1.54) is 12.3 Å². The molecular formula is C9H14N3O7PS. The van der Waals surface area contributed by atoms with Gasteiger partial charge in [0.25, 0.3) is 0 Å².